The van der Waals surface area contributed by atoms with E-state index in [2.05, 4.69) is 10.6 Å². The van der Waals surface area contributed by atoms with Crippen LogP contribution in [0.15, 0.2) is 42.5 Å². The van der Waals surface area contributed by atoms with Crippen LogP contribution in [-0.2, 0) is 17.5 Å². The fraction of sp³-hybridized carbons (Fsp3) is 0.235. The molecule has 0 atom stereocenters. The van der Waals surface area contributed by atoms with Crippen molar-refractivity contribution >= 4 is 23.2 Å². The van der Waals surface area contributed by atoms with Crippen LogP contribution in [0.25, 0.3) is 0 Å². The summed E-state index contributed by atoms with van der Waals surface area (Å²) in [6, 6.07) is 11.1. The first kappa shape index (κ1) is 18.3. The molecule has 0 spiro atoms. The summed E-state index contributed by atoms with van der Waals surface area (Å²) in [5.41, 5.74) is 1.21. The van der Waals surface area contributed by atoms with Gasteiger partial charge >= 0.3 is 6.18 Å². The van der Waals surface area contributed by atoms with Crippen LogP contribution in [0, 0.1) is 6.92 Å². The van der Waals surface area contributed by atoms with Gasteiger partial charge < -0.3 is 10.6 Å². The molecule has 24 heavy (non-hydrogen) atoms. The molecule has 0 fully saturated rings. The predicted octanol–water partition coefficient (Wildman–Crippen LogP) is 4.40. The van der Waals surface area contributed by atoms with Crippen molar-refractivity contribution in [2.45, 2.75) is 19.6 Å². The van der Waals surface area contributed by atoms with Crippen LogP contribution < -0.4 is 10.6 Å². The third-order valence-electron chi connectivity index (χ3n) is 3.25. The molecule has 3 nitrogen and oxygen atoms in total. The second-order valence-electron chi connectivity index (χ2n) is 5.33. The zero-order valence-corrected chi connectivity index (χ0v) is 13.6. The van der Waals surface area contributed by atoms with Crippen LogP contribution in [0.1, 0.15) is 16.7 Å². The highest BCUT2D eigenvalue weighted by Gasteiger charge is 2.33. The lowest BCUT2D eigenvalue weighted by Gasteiger charge is -2.12. The summed E-state index contributed by atoms with van der Waals surface area (Å²) in [6.07, 6.45) is -4.57. The zero-order valence-electron chi connectivity index (χ0n) is 12.9. The van der Waals surface area contributed by atoms with E-state index in [1.807, 2.05) is 31.2 Å². The standard InChI is InChI=1S/C17H16ClF3N2O/c1-11-3-2-4-12(7-11)9-22-10-16(24)23-13-5-6-15(18)14(8-13)17(19,20)21/h2-8,22H,9-10H2,1H3,(H,23,24). The number of aryl methyl sites for hydroxylation is 1. The van der Waals surface area contributed by atoms with Gasteiger partial charge in [-0.2, -0.15) is 13.2 Å². The van der Waals surface area contributed by atoms with Gasteiger partial charge in [0.1, 0.15) is 0 Å². The van der Waals surface area contributed by atoms with Crippen molar-refractivity contribution in [3.8, 4) is 0 Å². The second kappa shape index (κ2) is 7.68. The van der Waals surface area contributed by atoms with Crippen LogP contribution in [0.3, 0.4) is 0 Å². The monoisotopic (exact) mass is 356 g/mol. The number of alkyl halides is 3. The SMILES string of the molecule is Cc1cccc(CNCC(=O)Nc2ccc(Cl)c(C(F)(F)F)c2)c1. The summed E-state index contributed by atoms with van der Waals surface area (Å²) in [5, 5.41) is 4.96. The molecule has 2 aromatic carbocycles. The lowest BCUT2D eigenvalue weighted by atomic mass is 10.1. The number of halogens is 4. The average molecular weight is 357 g/mol. The van der Waals surface area contributed by atoms with Gasteiger partial charge in [-0.25, -0.2) is 0 Å². The molecular weight excluding hydrogens is 341 g/mol. The minimum atomic E-state index is -4.57. The highest BCUT2D eigenvalue weighted by molar-refractivity contribution is 6.31. The molecule has 0 unspecified atom stereocenters. The summed E-state index contributed by atoms with van der Waals surface area (Å²) in [6.45, 7) is 2.44. The molecule has 0 saturated carbocycles. The number of carbonyl (C=O) groups is 1. The van der Waals surface area contributed by atoms with Gasteiger partial charge in [-0.05, 0) is 30.7 Å². The number of hydrogen-bond donors (Lipinski definition) is 2. The molecule has 2 N–H and O–H groups in total. The van der Waals surface area contributed by atoms with Gasteiger partial charge in [0.2, 0.25) is 5.91 Å². The first-order valence-electron chi connectivity index (χ1n) is 7.18. The number of amides is 1. The van der Waals surface area contributed by atoms with E-state index in [9.17, 15) is 18.0 Å². The Hall–Kier alpha value is -2.05. The number of hydrogen-bond acceptors (Lipinski definition) is 2. The molecule has 1 amide bonds. The van der Waals surface area contributed by atoms with E-state index >= 15 is 0 Å². The fourth-order valence-corrected chi connectivity index (χ4v) is 2.39. The summed E-state index contributed by atoms with van der Waals surface area (Å²) in [5.74, 6) is -0.432. The first-order chi connectivity index (χ1) is 11.3. The molecule has 0 heterocycles. The highest BCUT2D eigenvalue weighted by atomic mass is 35.5. The summed E-state index contributed by atoms with van der Waals surface area (Å²) >= 11 is 5.54. The quantitative estimate of drug-likeness (QED) is 0.834. The molecule has 128 valence electrons. The summed E-state index contributed by atoms with van der Waals surface area (Å²) in [4.78, 5) is 11.8. The van der Waals surface area contributed by atoms with E-state index in [0.29, 0.717) is 6.54 Å². The van der Waals surface area contributed by atoms with Crippen molar-refractivity contribution in [3.63, 3.8) is 0 Å². The van der Waals surface area contributed by atoms with Crippen LogP contribution >= 0.6 is 11.6 Å². The molecule has 0 aromatic heterocycles. The molecular formula is C17H16ClF3N2O. The van der Waals surface area contributed by atoms with Gasteiger partial charge in [0.05, 0.1) is 17.1 Å². The van der Waals surface area contributed by atoms with Crippen molar-refractivity contribution in [3.05, 3.63) is 64.2 Å². The lowest BCUT2D eigenvalue weighted by molar-refractivity contribution is -0.137. The molecule has 0 saturated heterocycles. The maximum absolute atomic E-state index is 12.8. The van der Waals surface area contributed by atoms with E-state index in [4.69, 9.17) is 11.6 Å². The minimum Gasteiger partial charge on any atom is -0.325 e. The van der Waals surface area contributed by atoms with Crippen molar-refractivity contribution in [2.75, 3.05) is 11.9 Å². The largest absolute Gasteiger partial charge is 0.417 e. The maximum atomic E-state index is 12.8. The van der Waals surface area contributed by atoms with Gasteiger partial charge in [0, 0.05) is 12.2 Å². The van der Waals surface area contributed by atoms with E-state index in [-0.39, 0.29) is 12.2 Å². The number of nitrogens with one attached hydrogen (secondary N) is 2. The smallest absolute Gasteiger partial charge is 0.325 e. The minimum absolute atomic E-state index is 0.0160. The molecule has 0 aliphatic rings. The van der Waals surface area contributed by atoms with Gasteiger partial charge in [-0.15, -0.1) is 0 Å². The van der Waals surface area contributed by atoms with E-state index < -0.39 is 22.7 Å². The Kier molecular flexibility index (Phi) is 5.85. The lowest BCUT2D eigenvalue weighted by Crippen LogP contribution is -2.27. The molecule has 0 aliphatic heterocycles. The Labute approximate surface area is 142 Å². The Bertz CT molecular complexity index is 732. The fourth-order valence-electron chi connectivity index (χ4n) is 2.17. The van der Waals surface area contributed by atoms with Gasteiger partial charge in [-0.3, -0.25) is 4.79 Å². The maximum Gasteiger partial charge on any atom is 0.417 e. The topological polar surface area (TPSA) is 41.1 Å². The van der Waals surface area contributed by atoms with Crippen molar-refractivity contribution in [1.29, 1.82) is 0 Å². The Morgan fingerprint density at radius 2 is 1.92 bits per heavy atom. The molecule has 0 bridgehead atoms. The van der Waals surface area contributed by atoms with Crippen LogP contribution in [-0.4, -0.2) is 12.5 Å². The second-order valence-corrected chi connectivity index (χ2v) is 5.74. The Balaban J connectivity index is 1.91. The molecule has 0 radical (unpaired) electrons. The summed E-state index contributed by atoms with van der Waals surface area (Å²) in [7, 11) is 0. The highest BCUT2D eigenvalue weighted by Crippen LogP contribution is 2.36. The van der Waals surface area contributed by atoms with E-state index in [0.717, 1.165) is 23.3 Å². The van der Waals surface area contributed by atoms with Gasteiger partial charge in [-0.1, -0.05) is 41.4 Å². The van der Waals surface area contributed by atoms with Crippen LogP contribution in [0.5, 0.6) is 0 Å². The Morgan fingerprint density at radius 1 is 1.17 bits per heavy atom. The van der Waals surface area contributed by atoms with Crippen LogP contribution in [0.4, 0.5) is 18.9 Å². The van der Waals surface area contributed by atoms with E-state index in [1.54, 1.807) is 0 Å². The van der Waals surface area contributed by atoms with Gasteiger partial charge in [0.25, 0.3) is 0 Å². The average Bonchev–Trinajstić information content (AvgIpc) is 2.48. The predicted molar refractivity (Wildman–Crippen MR) is 88.0 cm³/mol. The van der Waals surface area contributed by atoms with Crippen molar-refractivity contribution in [1.82, 2.24) is 5.32 Å². The molecule has 0 aliphatic carbocycles. The van der Waals surface area contributed by atoms with Crippen molar-refractivity contribution in [2.24, 2.45) is 0 Å². The van der Waals surface area contributed by atoms with Gasteiger partial charge in [0.15, 0.2) is 0 Å². The molecule has 7 heteroatoms. The third-order valence-corrected chi connectivity index (χ3v) is 3.58. The number of anilines is 1. The Morgan fingerprint density at radius 3 is 2.58 bits per heavy atom. The van der Waals surface area contributed by atoms with Crippen molar-refractivity contribution < 1.29 is 18.0 Å². The van der Waals surface area contributed by atoms with Crippen LogP contribution in [0.2, 0.25) is 5.02 Å². The normalized spacial score (nSPS) is 11.4. The van der Waals surface area contributed by atoms with E-state index in [1.165, 1.54) is 6.07 Å². The summed E-state index contributed by atoms with van der Waals surface area (Å²) < 4.78 is 38.3. The molecule has 2 rings (SSSR count). The number of rotatable bonds is 5. The zero-order chi connectivity index (χ0) is 17.7. The molecule has 2 aromatic rings. The third kappa shape index (κ3) is 5.25. The number of benzene rings is 2. The first-order valence-corrected chi connectivity index (χ1v) is 7.56. The number of carbonyl (C=O) groups excluding carboxylic acids is 1.